The summed E-state index contributed by atoms with van der Waals surface area (Å²) in [5, 5.41) is 17.9. The van der Waals surface area contributed by atoms with Crippen molar-refractivity contribution in [3.8, 4) is 0 Å². The lowest BCUT2D eigenvalue weighted by atomic mass is 10.1. The molecule has 2 rings (SSSR count). The number of carboxylic acids is 1. The van der Waals surface area contributed by atoms with Crippen LogP contribution < -0.4 is 10.3 Å². The molecule has 5 N–H and O–H groups in total. The molecule has 2 aromatic carbocycles. The highest BCUT2D eigenvalue weighted by molar-refractivity contribution is 7.89. The minimum absolute atomic E-state index is 0.193. The Balaban J connectivity index is 0.000000351. The Bertz CT molecular complexity index is 1350. The lowest BCUT2D eigenvalue weighted by Gasteiger charge is -2.12. The van der Waals surface area contributed by atoms with E-state index in [1.54, 1.807) is 0 Å². The van der Waals surface area contributed by atoms with Gasteiger partial charge in [0.15, 0.2) is 0 Å². The number of halogens is 6. The lowest BCUT2D eigenvalue weighted by Crippen LogP contribution is -2.18. The summed E-state index contributed by atoms with van der Waals surface area (Å²) < 4.78 is 123. The van der Waals surface area contributed by atoms with Crippen molar-refractivity contribution in [1.29, 1.82) is 0 Å². The molecule has 0 aromatic heterocycles. The van der Waals surface area contributed by atoms with Gasteiger partial charge < -0.3 is 9.84 Å². The monoisotopic (exact) mass is 552 g/mol. The predicted octanol–water partition coefficient (Wildman–Crippen LogP) is 2.19. The number of carbonyl (C=O) groups excluding carboxylic acids is 1. The average molecular weight is 552 g/mol. The van der Waals surface area contributed by atoms with Crippen molar-refractivity contribution in [2.24, 2.45) is 10.3 Å². The van der Waals surface area contributed by atoms with Crippen molar-refractivity contribution in [3.63, 3.8) is 0 Å². The zero-order chi connectivity index (χ0) is 27.6. The average Bonchev–Trinajstić information content (AvgIpc) is 2.70. The van der Waals surface area contributed by atoms with Gasteiger partial charge in [-0.3, -0.25) is 0 Å². The minimum atomic E-state index is -4.98. The maximum absolute atomic E-state index is 12.7. The molecule has 2 aromatic rings. The number of alkyl halides is 6. The molecule has 0 fully saturated rings. The smallest absolute Gasteiger partial charge is 0.417 e. The van der Waals surface area contributed by atoms with Crippen LogP contribution in [0.4, 0.5) is 26.3 Å². The normalized spacial score (nSPS) is 12.4. The first-order valence-electron chi connectivity index (χ1n) is 8.40. The number of hydrogen-bond donors (Lipinski definition) is 3. The Morgan fingerprint density at radius 2 is 1.11 bits per heavy atom. The van der Waals surface area contributed by atoms with Gasteiger partial charge in [0, 0.05) is 0 Å². The Labute approximate surface area is 193 Å². The first-order chi connectivity index (χ1) is 15.6. The van der Waals surface area contributed by atoms with Crippen LogP contribution in [0.1, 0.15) is 31.8 Å². The third-order valence-electron chi connectivity index (χ3n) is 3.89. The number of carboxylic acid groups (broad SMARTS) is 1. The van der Waals surface area contributed by atoms with Gasteiger partial charge in [0.2, 0.25) is 20.0 Å². The highest BCUT2D eigenvalue weighted by atomic mass is 32.2. The molecular formula is C17H14F6N2O8S2. The van der Waals surface area contributed by atoms with Crippen LogP contribution in [0, 0.1) is 0 Å². The molecule has 0 atom stereocenters. The molecule has 18 heteroatoms. The SMILES string of the molecule is COC(=O)c1ccc(S(N)(=O)=O)cc1C(F)(F)F.NS(=O)(=O)c1ccc(C(=O)O)c(C(F)(F)F)c1. The minimum Gasteiger partial charge on any atom is -0.478 e. The van der Waals surface area contributed by atoms with Crippen LogP contribution in [0.3, 0.4) is 0 Å². The number of aromatic carboxylic acids is 1. The summed E-state index contributed by atoms with van der Waals surface area (Å²) in [6, 6.07) is 3.24. The molecule has 0 heterocycles. The van der Waals surface area contributed by atoms with Gasteiger partial charge in [0.1, 0.15) is 0 Å². The number of primary sulfonamides is 2. The maximum atomic E-state index is 12.7. The summed E-state index contributed by atoms with van der Waals surface area (Å²) >= 11 is 0. The predicted molar refractivity (Wildman–Crippen MR) is 104 cm³/mol. The lowest BCUT2D eigenvalue weighted by molar-refractivity contribution is -0.139. The summed E-state index contributed by atoms with van der Waals surface area (Å²) in [5.74, 6) is -3.03. The van der Waals surface area contributed by atoms with E-state index in [1.165, 1.54) is 0 Å². The van der Waals surface area contributed by atoms with Crippen LogP contribution >= 0.6 is 0 Å². The molecule has 0 saturated heterocycles. The van der Waals surface area contributed by atoms with Gasteiger partial charge in [-0.15, -0.1) is 0 Å². The van der Waals surface area contributed by atoms with Crippen LogP contribution in [0.5, 0.6) is 0 Å². The van der Waals surface area contributed by atoms with E-state index in [1.807, 2.05) is 0 Å². The molecule has 35 heavy (non-hydrogen) atoms. The van der Waals surface area contributed by atoms with E-state index in [0.29, 0.717) is 24.3 Å². The van der Waals surface area contributed by atoms with E-state index in [9.17, 15) is 52.8 Å². The molecule has 0 unspecified atom stereocenters. The van der Waals surface area contributed by atoms with Crippen molar-refractivity contribution in [2.75, 3.05) is 7.11 Å². The number of ether oxygens (including phenoxy) is 1. The van der Waals surface area contributed by atoms with Crippen molar-refractivity contribution >= 4 is 32.0 Å². The van der Waals surface area contributed by atoms with E-state index in [4.69, 9.17) is 10.2 Å². The van der Waals surface area contributed by atoms with E-state index in [-0.39, 0.29) is 6.07 Å². The number of methoxy groups -OCH3 is 1. The molecule has 0 bridgehead atoms. The summed E-state index contributed by atoms with van der Waals surface area (Å²) in [6.07, 6.45) is -9.88. The first kappa shape index (κ1) is 29.8. The Hall–Kier alpha value is -3.22. The summed E-state index contributed by atoms with van der Waals surface area (Å²) in [7, 11) is -7.70. The number of benzene rings is 2. The van der Waals surface area contributed by atoms with Gasteiger partial charge in [-0.2, -0.15) is 26.3 Å². The molecule has 0 aliphatic carbocycles. The number of sulfonamides is 2. The molecule has 0 amide bonds. The largest absolute Gasteiger partial charge is 0.478 e. The summed E-state index contributed by atoms with van der Waals surface area (Å²) in [6.45, 7) is 0. The van der Waals surface area contributed by atoms with Crippen LogP contribution in [0.15, 0.2) is 46.2 Å². The second-order valence-corrected chi connectivity index (χ2v) is 9.42. The molecule has 0 saturated carbocycles. The third-order valence-corrected chi connectivity index (χ3v) is 5.71. The van der Waals surface area contributed by atoms with Crippen molar-refractivity contribution in [1.82, 2.24) is 0 Å². The molecule has 0 aliphatic heterocycles. The van der Waals surface area contributed by atoms with Crippen molar-refractivity contribution < 1.29 is 62.6 Å². The third kappa shape index (κ3) is 7.91. The zero-order valence-corrected chi connectivity index (χ0v) is 18.6. The Kier molecular flexibility index (Phi) is 8.67. The number of esters is 1. The number of hydrogen-bond acceptors (Lipinski definition) is 7. The van der Waals surface area contributed by atoms with Gasteiger partial charge >= 0.3 is 24.3 Å². The van der Waals surface area contributed by atoms with Crippen molar-refractivity contribution in [3.05, 3.63) is 58.7 Å². The standard InChI is InChI=1S/C9H8F3NO4S.C8H6F3NO4S/c1-17-8(14)6-3-2-5(18(13,15)16)4-7(6)9(10,11)12;9-8(10,11)6-3-4(17(12,15)16)1-2-5(6)7(13)14/h2-4H,1H3,(H2,13,15,16);1-3H,(H,13,14)(H2,12,15,16). The molecule has 0 spiro atoms. The maximum Gasteiger partial charge on any atom is 0.417 e. The fraction of sp³-hybridized carbons (Fsp3) is 0.176. The number of nitrogens with two attached hydrogens (primary N) is 2. The molecular weight excluding hydrogens is 538 g/mol. The molecule has 194 valence electrons. The molecule has 0 radical (unpaired) electrons. The van der Waals surface area contributed by atoms with Gasteiger partial charge in [-0.05, 0) is 36.4 Å². The summed E-state index contributed by atoms with van der Waals surface area (Å²) in [5.41, 5.74) is -4.79. The van der Waals surface area contributed by atoms with E-state index < -0.39 is 76.4 Å². The van der Waals surface area contributed by atoms with Crippen LogP contribution in [0.25, 0.3) is 0 Å². The van der Waals surface area contributed by atoms with E-state index >= 15 is 0 Å². The Morgan fingerprint density at radius 3 is 1.40 bits per heavy atom. The van der Waals surface area contributed by atoms with Crippen LogP contribution in [-0.2, 0) is 37.1 Å². The fourth-order valence-corrected chi connectivity index (χ4v) is 3.42. The number of carbonyl (C=O) groups is 2. The topological polar surface area (TPSA) is 184 Å². The van der Waals surface area contributed by atoms with Gasteiger partial charge in [-0.25, -0.2) is 36.7 Å². The molecule has 0 aliphatic rings. The number of rotatable bonds is 4. The van der Waals surface area contributed by atoms with Gasteiger partial charge in [0.25, 0.3) is 0 Å². The summed E-state index contributed by atoms with van der Waals surface area (Å²) in [4.78, 5) is 20.2. The Morgan fingerprint density at radius 1 is 0.771 bits per heavy atom. The van der Waals surface area contributed by atoms with E-state index in [2.05, 4.69) is 9.88 Å². The van der Waals surface area contributed by atoms with Crippen LogP contribution in [0.2, 0.25) is 0 Å². The zero-order valence-electron chi connectivity index (χ0n) is 17.0. The quantitative estimate of drug-likeness (QED) is 0.381. The van der Waals surface area contributed by atoms with Crippen molar-refractivity contribution in [2.45, 2.75) is 22.1 Å². The highest BCUT2D eigenvalue weighted by Gasteiger charge is 2.37. The van der Waals surface area contributed by atoms with Crippen LogP contribution in [-0.4, -0.2) is 41.0 Å². The van der Waals surface area contributed by atoms with E-state index in [0.717, 1.165) is 13.2 Å². The second kappa shape index (κ2) is 10.2. The van der Waals surface area contributed by atoms with Gasteiger partial charge in [0.05, 0.1) is 39.2 Å². The van der Waals surface area contributed by atoms with Gasteiger partial charge in [-0.1, -0.05) is 0 Å². The highest BCUT2D eigenvalue weighted by Crippen LogP contribution is 2.34. The fourth-order valence-electron chi connectivity index (χ4n) is 2.34. The molecule has 10 nitrogen and oxygen atoms in total. The first-order valence-corrected chi connectivity index (χ1v) is 11.5. The second-order valence-electron chi connectivity index (χ2n) is 6.30.